The fourth-order valence-electron chi connectivity index (χ4n) is 2.38. The Labute approximate surface area is 139 Å². The number of anilines is 2. The van der Waals surface area contributed by atoms with Crippen LogP contribution < -0.4 is 10.2 Å². The minimum Gasteiger partial charge on any atom is -0.378 e. The maximum atomic E-state index is 11.9. The summed E-state index contributed by atoms with van der Waals surface area (Å²) in [6.07, 6.45) is 3.35. The van der Waals surface area contributed by atoms with E-state index in [0.29, 0.717) is 0 Å². The van der Waals surface area contributed by atoms with E-state index < -0.39 is 0 Å². The van der Waals surface area contributed by atoms with Crippen LogP contribution in [0.5, 0.6) is 0 Å². The average molecular weight is 329 g/mol. The van der Waals surface area contributed by atoms with Gasteiger partial charge in [-0.3, -0.25) is 4.79 Å². The van der Waals surface area contributed by atoms with Crippen molar-refractivity contribution in [2.45, 2.75) is 6.92 Å². The Morgan fingerprint density at radius 1 is 1.30 bits per heavy atom. The smallest absolute Gasteiger partial charge is 0.249 e. The zero-order chi connectivity index (χ0) is 16.1. The second-order valence-electron chi connectivity index (χ2n) is 5.35. The number of hydrogen-bond acceptors (Lipinski definition) is 5. The van der Waals surface area contributed by atoms with Gasteiger partial charge in [0.25, 0.3) is 0 Å². The highest BCUT2D eigenvalue weighted by Gasteiger charge is 2.10. The van der Waals surface area contributed by atoms with E-state index in [0.717, 1.165) is 42.6 Å². The van der Waals surface area contributed by atoms with Crippen LogP contribution >= 0.6 is 11.5 Å². The van der Waals surface area contributed by atoms with Crippen molar-refractivity contribution in [1.29, 1.82) is 0 Å². The van der Waals surface area contributed by atoms with Crippen LogP contribution in [0.1, 0.15) is 11.3 Å². The zero-order valence-electron chi connectivity index (χ0n) is 13.0. The van der Waals surface area contributed by atoms with Crippen molar-refractivity contribution in [3.05, 3.63) is 47.7 Å². The first kappa shape index (κ1) is 15.7. The summed E-state index contributed by atoms with van der Waals surface area (Å²) < 4.78 is 9.49. The van der Waals surface area contributed by atoms with Crippen molar-refractivity contribution in [3.63, 3.8) is 0 Å². The number of benzene rings is 1. The van der Waals surface area contributed by atoms with Crippen molar-refractivity contribution in [1.82, 2.24) is 4.37 Å². The molecule has 1 aliphatic heterocycles. The van der Waals surface area contributed by atoms with Gasteiger partial charge in [-0.1, -0.05) is 12.1 Å². The van der Waals surface area contributed by atoms with E-state index in [1.54, 1.807) is 6.08 Å². The van der Waals surface area contributed by atoms with Gasteiger partial charge in [-0.25, -0.2) is 0 Å². The number of aromatic nitrogens is 1. The van der Waals surface area contributed by atoms with Crippen LogP contribution in [0.2, 0.25) is 0 Å². The fourth-order valence-corrected chi connectivity index (χ4v) is 3.04. The minimum absolute atomic E-state index is 0.147. The molecule has 23 heavy (non-hydrogen) atoms. The Bertz CT molecular complexity index is 688. The SMILES string of the molecule is Cc1cc(NC(=O)/C=C/c2ccc(N3CCOCC3)cc2)sn1. The third-order valence-corrected chi connectivity index (χ3v) is 4.37. The Hall–Kier alpha value is -2.18. The van der Waals surface area contributed by atoms with E-state index in [4.69, 9.17) is 4.74 Å². The molecule has 0 saturated carbocycles. The van der Waals surface area contributed by atoms with Crippen molar-refractivity contribution < 1.29 is 9.53 Å². The number of amides is 1. The summed E-state index contributed by atoms with van der Waals surface area (Å²) >= 11 is 1.29. The van der Waals surface area contributed by atoms with Gasteiger partial charge in [-0.15, -0.1) is 0 Å². The van der Waals surface area contributed by atoms with E-state index in [-0.39, 0.29) is 5.91 Å². The third-order valence-electron chi connectivity index (χ3n) is 3.57. The summed E-state index contributed by atoms with van der Waals surface area (Å²) in [5.74, 6) is -0.147. The van der Waals surface area contributed by atoms with Crippen LogP contribution in [0.25, 0.3) is 6.08 Å². The van der Waals surface area contributed by atoms with E-state index in [1.165, 1.54) is 17.2 Å². The number of carbonyl (C=O) groups is 1. The molecule has 1 aromatic carbocycles. The Kier molecular flexibility index (Phi) is 5.05. The fraction of sp³-hybridized carbons (Fsp3) is 0.294. The lowest BCUT2D eigenvalue weighted by Gasteiger charge is -2.28. The number of carbonyl (C=O) groups excluding carboxylic acids is 1. The van der Waals surface area contributed by atoms with Gasteiger partial charge in [0.05, 0.1) is 18.9 Å². The third kappa shape index (κ3) is 4.40. The summed E-state index contributed by atoms with van der Waals surface area (Å²) in [6.45, 7) is 5.30. The molecule has 1 saturated heterocycles. The highest BCUT2D eigenvalue weighted by molar-refractivity contribution is 7.10. The number of nitrogens with one attached hydrogen (secondary N) is 1. The number of morpholine rings is 1. The van der Waals surface area contributed by atoms with Crippen LogP contribution in [-0.4, -0.2) is 36.6 Å². The Balaban J connectivity index is 1.57. The zero-order valence-corrected chi connectivity index (χ0v) is 13.8. The second-order valence-corrected chi connectivity index (χ2v) is 6.15. The Morgan fingerprint density at radius 2 is 2.04 bits per heavy atom. The molecule has 0 radical (unpaired) electrons. The van der Waals surface area contributed by atoms with E-state index in [1.807, 2.05) is 31.2 Å². The topological polar surface area (TPSA) is 54.5 Å². The van der Waals surface area contributed by atoms with Crippen molar-refractivity contribution in [3.8, 4) is 0 Å². The van der Waals surface area contributed by atoms with Gasteiger partial charge in [-0.05, 0) is 48.3 Å². The molecule has 0 unspecified atom stereocenters. The molecule has 2 aromatic rings. The van der Waals surface area contributed by atoms with Gasteiger partial charge >= 0.3 is 0 Å². The molecule has 120 valence electrons. The number of hydrogen-bond donors (Lipinski definition) is 1. The van der Waals surface area contributed by atoms with E-state index in [2.05, 4.69) is 26.7 Å². The first-order valence-electron chi connectivity index (χ1n) is 7.56. The predicted octanol–water partition coefficient (Wildman–Crippen LogP) is 2.94. The summed E-state index contributed by atoms with van der Waals surface area (Å²) in [4.78, 5) is 14.2. The summed E-state index contributed by atoms with van der Waals surface area (Å²) in [7, 11) is 0. The molecule has 0 bridgehead atoms. The first-order chi connectivity index (χ1) is 11.2. The quantitative estimate of drug-likeness (QED) is 0.876. The molecule has 1 amide bonds. The molecule has 1 N–H and O–H groups in total. The lowest BCUT2D eigenvalue weighted by molar-refractivity contribution is -0.111. The highest BCUT2D eigenvalue weighted by atomic mass is 32.1. The maximum absolute atomic E-state index is 11.9. The molecule has 1 aliphatic rings. The molecule has 0 aliphatic carbocycles. The highest BCUT2D eigenvalue weighted by Crippen LogP contribution is 2.18. The number of ether oxygens (including phenoxy) is 1. The number of nitrogens with zero attached hydrogens (tertiary/aromatic N) is 2. The number of aryl methyl sites for hydroxylation is 1. The molecule has 0 atom stereocenters. The van der Waals surface area contributed by atoms with Crippen LogP contribution in [-0.2, 0) is 9.53 Å². The van der Waals surface area contributed by atoms with Gasteiger partial charge in [-0.2, -0.15) is 4.37 Å². The van der Waals surface area contributed by atoms with Gasteiger partial charge in [0.1, 0.15) is 5.00 Å². The van der Waals surface area contributed by atoms with Gasteiger partial charge in [0, 0.05) is 24.9 Å². The van der Waals surface area contributed by atoms with Crippen LogP contribution in [0.15, 0.2) is 36.4 Å². The summed E-state index contributed by atoms with van der Waals surface area (Å²) in [5, 5.41) is 3.57. The Morgan fingerprint density at radius 3 is 2.70 bits per heavy atom. The maximum Gasteiger partial charge on any atom is 0.249 e. The molecule has 1 aromatic heterocycles. The van der Waals surface area contributed by atoms with Crippen molar-refractivity contribution in [2.24, 2.45) is 0 Å². The molecule has 2 heterocycles. The monoisotopic (exact) mass is 329 g/mol. The standard InChI is InChI=1S/C17H19N3O2S/c1-13-12-17(23-19-13)18-16(21)7-4-14-2-5-15(6-3-14)20-8-10-22-11-9-20/h2-7,12H,8-11H2,1H3,(H,18,21)/b7-4+. The lowest BCUT2D eigenvalue weighted by atomic mass is 10.1. The molecule has 3 rings (SSSR count). The molecule has 6 heteroatoms. The molecular weight excluding hydrogens is 310 g/mol. The molecular formula is C17H19N3O2S. The minimum atomic E-state index is -0.147. The molecule has 5 nitrogen and oxygen atoms in total. The van der Waals surface area contributed by atoms with E-state index in [9.17, 15) is 4.79 Å². The van der Waals surface area contributed by atoms with Crippen LogP contribution in [0.4, 0.5) is 10.7 Å². The van der Waals surface area contributed by atoms with E-state index >= 15 is 0 Å². The first-order valence-corrected chi connectivity index (χ1v) is 8.33. The summed E-state index contributed by atoms with van der Waals surface area (Å²) in [6, 6.07) is 10.1. The van der Waals surface area contributed by atoms with Crippen molar-refractivity contribution >= 4 is 34.2 Å². The van der Waals surface area contributed by atoms with Gasteiger partial charge in [0.2, 0.25) is 5.91 Å². The van der Waals surface area contributed by atoms with Gasteiger partial charge < -0.3 is 15.0 Å². The van der Waals surface area contributed by atoms with Crippen molar-refractivity contribution in [2.75, 3.05) is 36.5 Å². The second kappa shape index (κ2) is 7.39. The molecule has 0 spiro atoms. The normalized spacial score (nSPS) is 15.1. The van der Waals surface area contributed by atoms with Crippen LogP contribution in [0.3, 0.4) is 0 Å². The largest absolute Gasteiger partial charge is 0.378 e. The summed E-state index contributed by atoms with van der Waals surface area (Å²) in [5.41, 5.74) is 3.10. The molecule has 1 fully saturated rings. The number of rotatable bonds is 4. The predicted molar refractivity (Wildman–Crippen MR) is 94.0 cm³/mol. The lowest BCUT2D eigenvalue weighted by Crippen LogP contribution is -2.36. The van der Waals surface area contributed by atoms with Crippen LogP contribution in [0, 0.1) is 6.92 Å². The van der Waals surface area contributed by atoms with Gasteiger partial charge in [0.15, 0.2) is 0 Å². The average Bonchev–Trinajstić information content (AvgIpc) is 2.99.